The number of imide groups is 1. The lowest BCUT2D eigenvalue weighted by molar-refractivity contribution is -0.124. The Morgan fingerprint density at radius 1 is 1.22 bits per heavy atom. The van der Waals surface area contributed by atoms with Crippen molar-refractivity contribution in [2.75, 3.05) is 26.2 Å². The second-order valence-electron chi connectivity index (χ2n) is 6.40. The van der Waals surface area contributed by atoms with Gasteiger partial charge in [-0.05, 0) is 30.2 Å². The number of nitrogens with one attached hydrogen (secondary N) is 3. The van der Waals surface area contributed by atoms with Gasteiger partial charge in [-0.1, -0.05) is 42.5 Å². The Hall–Kier alpha value is -3.09. The van der Waals surface area contributed by atoms with Gasteiger partial charge in [0.1, 0.15) is 0 Å². The fourth-order valence-corrected chi connectivity index (χ4v) is 3.17. The molecular formula is C20H25N5O2. The van der Waals surface area contributed by atoms with E-state index in [-0.39, 0.29) is 31.1 Å². The van der Waals surface area contributed by atoms with Crippen LogP contribution in [0.5, 0.6) is 0 Å². The Morgan fingerprint density at radius 3 is 2.74 bits per heavy atom. The normalized spacial score (nSPS) is 15.8. The van der Waals surface area contributed by atoms with Gasteiger partial charge in [-0.2, -0.15) is 0 Å². The van der Waals surface area contributed by atoms with Gasteiger partial charge in [0.15, 0.2) is 5.96 Å². The molecule has 7 nitrogen and oxygen atoms in total. The lowest BCUT2D eigenvalue weighted by Gasteiger charge is -2.20. The highest BCUT2D eigenvalue weighted by atomic mass is 16.2. The van der Waals surface area contributed by atoms with E-state index < -0.39 is 0 Å². The van der Waals surface area contributed by atoms with Crippen LogP contribution in [0, 0.1) is 0 Å². The maximum absolute atomic E-state index is 11.6. The highest BCUT2D eigenvalue weighted by Crippen LogP contribution is 2.23. The fourth-order valence-electron chi connectivity index (χ4n) is 3.17. The number of benzene rings is 2. The van der Waals surface area contributed by atoms with E-state index in [1.165, 1.54) is 21.2 Å². The van der Waals surface area contributed by atoms with Crippen molar-refractivity contribution < 1.29 is 9.59 Å². The summed E-state index contributed by atoms with van der Waals surface area (Å²) in [5.41, 5.74) is 1.19. The molecule has 1 aliphatic rings. The van der Waals surface area contributed by atoms with Crippen molar-refractivity contribution in [2.45, 2.75) is 19.9 Å². The Kier molecular flexibility index (Phi) is 5.90. The highest BCUT2D eigenvalue weighted by molar-refractivity contribution is 6.01. The average molecular weight is 367 g/mol. The molecule has 0 spiro atoms. The minimum atomic E-state index is -0.350. The highest BCUT2D eigenvalue weighted by Gasteiger charge is 2.27. The maximum Gasteiger partial charge on any atom is 0.324 e. The Morgan fingerprint density at radius 2 is 2.00 bits per heavy atom. The summed E-state index contributed by atoms with van der Waals surface area (Å²) in [6, 6.07) is 14.2. The van der Waals surface area contributed by atoms with E-state index >= 15 is 0 Å². The van der Waals surface area contributed by atoms with Gasteiger partial charge in [0.25, 0.3) is 0 Å². The van der Waals surface area contributed by atoms with Crippen LogP contribution in [0.1, 0.15) is 25.5 Å². The molecule has 1 saturated heterocycles. The molecule has 0 aromatic heterocycles. The first-order valence-electron chi connectivity index (χ1n) is 9.21. The molecule has 0 radical (unpaired) electrons. The molecule has 0 bridgehead atoms. The fraction of sp³-hybridized carbons (Fsp3) is 0.350. The minimum Gasteiger partial charge on any atom is -0.357 e. The van der Waals surface area contributed by atoms with Crippen LogP contribution in [0.4, 0.5) is 4.79 Å². The first kappa shape index (κ1) is 18.7. The molecule has 1 heterocycles. The quantitative estimate of drug-likeness (QED) is 0.414. The lowest BCUT2D eigenvalue weighted by Crippen LogP contribution is -2.40. The smallest absolute Gasteiger partial charge is 0.324 e. The van der Waals surface area contributed by atoms with Gasteiger partial charge in [0.05, 0.1) is 25.7 Å². The number of urea groups is 1. The number of carbonyl (C=O) groups excluding carboxylic acids is 2. The van der Waals surface area contributed by atoms with Crippen LogP contribution in [0.3, 0.4) is 0 Å². The van der Waals surface area contributed by atoms with Crippen LogP contribution in [-0.2, 0) is 4.79 Å². The summed E-state index contributed by atoms with van der Waals surface area (Å²) < 4.78 is 0. The van der Waals surface area contributed by atoms with E-state index in [2.05, 4.69) is 58.2 Å². The minimum absolute atomic E-state index is 0.0469. The summed E-state index contributed by atoms with van der Waals surface area (Å²) in [6.45, 7) is 5.49. The van der Waals surface area contributed by atoms with Crippen molar-refractivity contribution in [3.8, 4) is 0 Å². The van der Waals surface area contributed by atoms with Crippen molar-refractivity contribution in [2.24, 2.45) is 4.99 Å². The van der Waals surface area contributed by atoms with E-state index in [0.717, 1.165) is 6.54 Å². The second kappa shape index (κ2) is 8.53. The largest absolute Gasteiger partial charge is 0.357 e. The molecule has 27 heavy (non-hydrogen) atoms. The van der Waals surface area contributed by atoms with Crippen molar-refractivity contribution in [1.29, 1.82) is 0 Å². The van der Waals surface area contributed by atoms with Crippen LogP contribution >= 0.6 is 0 Å². The van der Waals surface area contributed by atoms with Gasteiger partial charge in [0, 0.05) is 6.54 Å². The third-order valence-electron chi connectivity index (χ3n) is 4.52. The zero-order valence-electron chi connectivity index (χ0n) is 15.7. The van der Waals surface area contributed by atoms with Crippen LogP contribution in [0.15, 0.2) is 47.5 Å². The number of hydrogen-bond donors (Lipinski definition) is 3. The van der Waals surface area contributed by atoms with E-state index in [1.54, 1.807) is 0 Å². The summed E-state index contributed by atoms with van der Waals surface area (Å²) in [4.78, 5) is 28.9. The number of hydrogen-bond acceptors (Lipinski definition) is 3. The number of guanidine groups is 1. The van der Waals surface area contributed by atoms with E-state index in [4.69, 9.17) is 0 Å². The number of nitrogens with zero attached hydrogens (tertiary/aromatic N) is 2. The van der Waals surface area contributed by atoms with Crippen LogP contribution in [-0.4, -0.2) is 49.0 Å². The first-order valence-corrected chi connectivity index (χ1v) is 9.21. The topological polar surface area (TPSA) is 85.8 Å². The van der Waals surface area contributed by atoms with Gasteiger partial charge < -0.3 is 16.0 Å². The van der Waals surface area contributed by atoms with Gasteiger partial charge in [-0.15, -0.1) is 0 Å². The summed E-state index contributed by atoms with van der Waals surface area (Å²) in [6.07, 6.45) is 0. The molecule has 0 aliphatic carbocycles. The van der Waals surface area contributed by atoms with Gasteiger partial charge in [-0.3, -0.25) is 14.7 Å². The Bertz CT molecular complexity index is 843. The molecule has 0 saturated carbocycles. The molecule has 1 unspecified atom stereocenters. The van der Waals surface area contributed by atoms with Crippen LogP contribution in [0.25, 0.3) is 10.8 Å². The van der Waals surface area contributed by atoms with E-state index in [1.807, 2.05) is 19.1 Å². The SMILES string of the molecule is CCNC(=NCCN1C(=O)CNC1=O)NC(C)c1cccc2ccccc12. The van der Waals surface area contributed by atoms with Gasteiger partial charge >= 0.3 is 6.03 Å². The summed E-state index contributed by atoms with van der Waals surface area (Å²) >= 11 is 0. The zero-order chi connectivity index (χ0) is 19.2. The van der Waals surface area contributed by atoms with Crippen molar-refractivity contribution in [1.82, 2.24) is 20.9 Å². The first-order chi connectivity index (χ1) is 13.1. The molecule has 2 aromatic carbocycles. The zero-order valence-corrected chi connectivity index (χ0v) is 15.7. The molecule has 2 aromatic rings. The van der Waals surface area contributed by atoms with E-state index in [0.29, 0.717) is 12.5 Å². The molecule has 3 N–H and O–H groups in total. The standard InChI is InChI=1S/C20H25N5O2/c1-3-21-19(22-11-12-25-18(26)13-23-20(25)27)24-14(2)16-10-6-8-15-7-4-5-9-17(15)16/h4-10,14H,3,11-13H2,1-2H3,(H,23,27)(H2,21,22,24). The summed E-state index contributed by atoms with van der Waals surface area (Å²) in [5, 5.41) is 11.5. The predicted octanol–water partition coefficient (Wildman–Crippen LogP) is 2.01. The maximum atomic E-state index is 11.6. The lowest BCUT2D eigenvalue weighted by atomic mass is 10.00. The molecule has 1 fully saturated rings. The van der Waals surface area contributed by atoms with E-state index in [9.17, 15) is 9.59 Å². The third kappa shape index (κ3) is 4.36. The number of carbonyl (C=O) groups is 2. The Labute approximate surface area is 158 Å². The molecule has 142 valence electrons. The molecule has 3 amide bonds. The number of aliphatic imine (C=N–C) groups is 1. The average Bonchev–Trinajstić information content (AvgIpc) is 2.99. The molecular weight excluding hydrogens is 342 g/mol. The second-order valence-corrected chi connectivity index (χ2v) is 6.40. The number of fused-ring (bicyclic) bond motifs is 1. The molecule has 1 atom stereocenters. The van der Waals surface area contributed by atoms with Crippen LogP contribution < -0.4 is 16.0 Å². The number of amides is 3. The summed E-state index contributed by atoms with van der Waals surface area (Å²) in [5.74, 6) is 0.447. The Balaban J connectivity index is 1.69. The van der Waals surface area contributed by atoms with Crippen molar-refractivity contribution in [3.05, 3.63) is 48.0 Å². The monoisotopic (exact) mass is 367 g/mol. The molecule has 3 rings (SSSR count). The third-order valence-corrected chi connectivity index (χ3v) is 4.52. The summed E-state index contributed by atoms with van der Waals surface area (Å²) in [7, 11) is 0. The predicted molar refractivity (Wildman–Crippen MR) is 107 cm³/mol. The van der Waals surface area contributed by atoms with Gasteiger partial charge in [0.2, 0.25) is 5.91 Å². The molecule has 7 heteroatoms. The van der Waals surface area contributed by atoms with Crippen LogP contribution in [0.2, 0.25) is 0 Å². The van der Waals surface area contributed by atoms with Gasteiger partial charge in [-0.25, -0.2) is 4.79 Å². The van der Waals surface area contributed by atoms with Crippen molar-refractivity contribution >= 4 is 28.7 Å². The van der Waals surface area contributed by atoms with Crippen molar-refractivity contribution in [3.63, 3.8) is 0 Å². The molecule has 1 aliphatic heterocycles. The number of rotatable bonds is 6.